The van der Waals surface area contributed by atoms with Crippen molar-refractivity contribution in [1.29, 1.82) is 0 Å². The summed E-state index contributed by atoms with van der Waals surface area (Å²) in [7, 11) is 1.97. The van der Waals surface area contributed by atoms with Crippen molar-refractivity contribution in [3.8, 4) is 0 Å². The first-order valence-corrected chi connectivity index (χ1v) is 6.72. The lowest BCUT2D eigenvalue weighted by molar-refractivity contribution is 0.163. The third-order valence-corrected chi connectivity index (χ3v) is 3.94. The van der Waals surface area contributed by atoms with Crippen molar-refractivity contribution in [2.24, 2.45) is 18.4 Å². The van der Waals surface area contributed by atoms with E-state index in [-0.39, 0.29) is 0 Å². The second-order valence-corrected chi connectivity index (χ2v) is 6.41. The van der Waals surface area contributed by atoms with Crippen LogP contribution in [0.5, 0.6) is 0 Å². The molecule has 2 atom stereocenters. The summed E-state index contributed by atoms with van der Waals surface area (Å²) < 4.78 is 1.86. The van der Waals surface area contributed by atoms with Crippen molar-refractivity contribution < 1.29 is 0 Å². The Balaban J connectivity index is 2.06. The summed E-state index contributed by atoms with van der Waals surface area (Å²) in [5, 5.41) is 7.90. The van der Waals surface area contributed by atoms with E-state index in [4.69, 9.17) is 0 Å². The molecule has 1 aromatic rings. The van der Waals surface area contributed by atoms with Crippen LogP contribution >= 0.6 is 0 Å². The molecular weight excluding hydrogens is 210 g/mol. The summed E-state index contributed by atoms with van der Waals surface area (Å²) in [5.74, 6) is 0.761. The summed E-state index contributed by atoms with van der Waals surface area (Å²) in [5.41, 5.74) is 1.55. The van der Waals surface area contributed by atoms with Gasteiger partial charge >= 0.3 is 0 Å². The molecule has 0 saturated heterocycles. The minimum absolute atomic E-state index is 0.389. The summed E-state index contributed by atoms with van der Waals surface area (Å²) in [6.07, 6.45) is 9.36. The maximum absolute atomic E-state index is 4.22. The smallest absolute Gasteiger partial charge is 0.0728 e. The molecular formula is C14H25N3. The molecule has 96 valence electrons. The molecule has 0 bridgehead atoms. The first-order valence-electron chi connectivity index (χ1n) is 6.72. The van der Waals surface area contributed by atoms with Crippen LogP contribution in [-0.2, 0) is 7.05 Å². The summed E-state index contributed by atoms with van der Waals surface area (Å²) >= 11 is 0. The van der Waals surface area contributed by atoms with Gasteiger partial charge in [-0.2, -0.15) is 5.10 Å². The molecule has 1 aliphatic carbocycles. The molecule has 1 saturated carbocycles. The maximum Gasteiger partial charge on any atom is 0.0728 e. The van der Waals surface area contributed by atoms with E-state index >= 15 is 0 Å². The fraction of sp³-hybridized carbons (Fsp3) is 0.786. The summed E-state index contributed by atoms with van der Waals surface area (Å²) in [6.45, 7) is 7.09. The van der Waals surface area contributed by atoms with Crippen molar-refractivity contribution in [2.75, 3.05) is 5.32 Å². The Morgan fingerprint density at radius 1 is 1.29 bits per heavy atom. The lowest BCUT2D eigenvalue weighted by atomic mass is 9.69. The van der Waals surface area contributed by atoms with Crippen molar-refractivity contribution >= 4 is 5.69 Å². The van der Waals surface area contributed by atoms with E-state index in [1.54, 1.807) is 0 Å². The van der Waals surface area contributed by atoms with Gasteiger partial charge in [0.2, 0.25) is 0 Å². The normalized spacial score (nSPS) is 25.9. The SMILES string of the molecule is Cn1cc(NC2CCCCC2C(C)(C)C)cn1. The zero-order valence-electron chi connectivity index (χ0n) is 11.5. The Labute approximate surface area is 105 Å². The molecule has 3 heteroatoms. The highest BCUT2D eigenvalue weighted by Gasteiger charge is 2.34. The minimum Gasteiger partial charge on any atom is -0.379 e. The second kappa shape index (κ2) is 4.71. The van der Waals surface area contributed by atoms with E-state index in [2.05, 4.69) is 37.4 Å². The molecule has 1 aliphatic rings. The molecule has 17 heavy (non-hydrogen) atoms. The fourth-order valence-corrected chi connectivity index (χ4v) is 3.05. The lowest BCUT2D eigenvalue weighted by Crippen LogP contribution is -2.39. The van der Waals surface area contributed by atoms with Gasteiger partial charge in [0.05, 0.1) is 11.9 Å². The largest absolute Gasteiger partial charge is 0.379 e. The number of anilines is 1. The molecule has 0 aromatic carbocycles. The number of hydrogen-bond acceptors (Lipinski definition) is 2. The van der Waals surface area contributed by atoms with Gasteiger partial charge in [-0.1, -0.05) is 33.6 Å². The monoisotopic (exact) mass is 235 g/mol. The third kappa shape index (κ3) is 3.02. The van der Waals surface area contributed by atoms with Crippen molar-refractivity contribution in [3.63, 3.8) is 0 Å². The molecule has 3 nitrogen and oxygen atoms in total. The van der Waals surface area contributed by atoms with Gasteiger partial charge in [-0.3, -0.25) is 4.68 Å². The maximum atomic E-state index is 4.22. The van der Waals surface area contributed by atoms with Crippen molar-refractivity contribution in [2.45, 2.75) is 52.5 Å². The highest BCUT2D eigenvalue weighted by atomic mass is 15.3. The van der Waals surface area contributed by atoms with Crippen LogP contribution in [0.3, 0.4) is 0 Å². The topological polar surface area (TPSA) is 29.9 Å². The van der Waals surface area contributed by atoms with E-state index in [0.717, 1.165) is 11.6 Å². The predicted molar refractivity (Wildman–Crippen MR) is 72.0 cm³/mol. The van der Waals surface area contributed by atoms with Gasteiger partial charge in [-0.05, 0) is 24.2 Å². The molecule has 2 unspecified atom stereocenters. The number of nitrogens with one attached hydrogen (secondary N) is 1. The average Bonchev–Trinajstić information content (AvgIpc) is 2.63. The Hall–Kier alpha value is -0.990. The van der Waals surface area contributed by atoms with Crippen LogP contribution in [0.1, 0.15) is 46.5 Å². The molecule has 2 rings (SSSR count). The van der Waals surface area contributed by atoms with E-state index in [0.29, 0.717) is 11.5 Å². The molecule has 1 aromatic heterocycles. The Bertz CT molecular complexity index is 362. The van der Waals surface area contributed by atoms with Gasteiger partial charge < -0.3 is 5.32 Å². The molecule has 1 N–H and O–H groups in total. The summed E-state index contributed by atoms with van der Waals surface area (Å²) in [6, 6.07) is 0.605. The number of rotatable bonds is 2. The van der Waals surface area contributed by atoms with Crippen LogP contribution in [0.15, 0.2) is 12.4 Å². The van der Waals surface area contributed by atoms with E-state index in [9.17, 15) is 0 Å². The van der Waals surface area contributed by atoms with Gasteiger partial charge in [0, 0.05) is 19.3 Å². The van der Waals surface area contributed by atoms with E-state index < -0.39 is 0 Å². The average molecular weight is 235 g/mol. The molecule has 1 fully saturated rings. The molecule has 0 amide bonds. The quantitative estimate of drug-likeness (QED) is 0.851. The number of hydrogen-bond donors (Lipinski definition) is 1. The van der Waals surface area contributed by atoms with Crippen LogP contribution in [0.2, 0.25) is 0 Å². The number of nitrogens with zero attached hydrogens (tertiary/aromatic N) is 2. The van der Waals surface area contributed by atoms with Gasteiger partial charge in [0.15, 0.2) is 0 Å². The van der Waals surface area contributed by atoms with Crippen molar-refractivity contribution in [1.82, 2.24) is 9.78 Å². The fourth-order valence-electron chi connectivity index (χ4n) is 3.05. The standard InChI is InChI=1S/C14H25N3/c1-14(2,3)12-7-5-6-8-13(12)16-11-9-15-17(4)10-11/h9-10,12-13,16H,5-8H2,1-4H3. The Morgan fingerprint density at radius 2 is 2.00 bits per heavy atom. The summed E-state index contributed by atoms with van der Waals surface area (Å²) in [4.78, 5) is 0. The van der Waals surface area contributed by atoms with Crippen LogP contribution in [0, 0.1) is 11.3 Å². The van der Waals surface area contributed by atoms with Gasteiger partial charge in [-0.25, -0.2) is 0 Å². The van der Waals surface area contributed by atoms with E-state index in [1.165, 1.54) is 25.7 Å². The highest BCUT2D eigenvalue weighted by molar-refractivity contribution is 5.39. The Kier molecular flexibility index (Phi) is 3.45. The third-order valence-electron chi connectivity index (χ3n) is 3.94. The molecule has 0 aliphatic heterocycles. The van der Waals surface area contributed by atoms with Crippen LogP contribution in [0.25, 0.3) is 0 Å². The Morgan fingerprint density at radius 3 is 2.59 bits per heavy atom. The first-order chi connectivity index (χ1) is 7.97. The minimum atomic E-state index is 0.389. The van der Waals surface area contributed by atoms with Gasteiger partial charge in [-0.15, -0.1) is 0 Å². The van der Waals surface area contributed by atoms with Crippen LogP contribution < -0.4 is 5.32 Å². The highest BCUT2D eigenvalue weighted by Crippen LogP contribution is 2.39. The van der Waals surface area contributed by atoms with Crippen LogP contribution in [-0.4, -0.2) is 15.8 Å². The number of aryl methyl sites for hydroxylation is 1. The van der Waals surface area contributed by atoms with Gasteiger partial charge in [0.1, 0.15) is 0 Å². The molecule has 0 spiro atoms. The zero-order chi connectivity index (χ0) is 12.5. The van der Waals surface area contributed by atoms with Crippen LogP contribution in [0.4, 0.5) is 5.69 Å². The van der Waals surface area contributed by atoms with E-state index in [1.807, 2.05) is 17.9 Å². The molecule has 1 heterocycles. The molecule has 0 radical (unpaired) electrons. The predicted octanol–water partition coefficient (Wildman–Crippen LogP) is 3.44. The first kappa shape index (κ1) is 12.5. The second-order valence-electron chi connectivity index (χ2n) is 6.41. The zero-order valence-corrected chi connectivity index (χ0v) is 11.5. The number of aromatic nitrogens is 2. The van der Waals surface area contributed by atoms with Gasteiger partial charge in [0.25, 0.3) is 0 Å². The van der Waals surface area contributed by atoms with Crippen molar-refractivity contribution in [3.05, 3.63) is 12.4 Å². The lowest BCUT2D eigenvalue weighted by Gasteiger charge is -2.41.